The third kappa shape index (κ3) is 7.57. The van der Waals surface area contributed by atoms with Gasteiger partial charge < -0.3 is 23.0 Å². The van der Waals surface area contributed by atoms with E-state index in [-0.39, 0.29) is 75.7 Å². The van der Waals surface area contributed by atoms with E-state index in [2.05, 4.69) is 15.5 Å². The molecule has 3 aromatic heterocycles. The SMILES string of the molecule is Cc1oc(=O)oc1COP(=O)(OCc1oc(=O)oc1C)N1CCC(NC(=O)c2[nH]ncc2CC(=O)c2c(Cl)cccc2Cl)CC1. The highest BCUT2D eigenvalue weighted by Gasteiger charge is 2.38. The van der Waals surface area contributed by atoms with E-state index in [1.165, 1.54) is 24.7 Å². The largest absolute Gasteiger partial charge is 0.519 e. The second-order valence-corrected chi connectivity index (χ2v) is 12.9. The fraction of sp³-hybridized carbons (Fsp3) is 0.370. The van der Waals surface area contributed by atoms with Gasteiger partial charge in [0, 0.05) is 31.1 Å². The molecule has 0 unspecified atom stereocenters. The Hall–Kier alpha value is -3.72. The van der Waals surface area contributed by atoms with E-state index in [9.17, 15) is 23.7 Å². The van der Waals surface area contributed by atoms with E-state index in [1.54, 1.807) is 18.2 Å². The number of benzene rings is 1. The summed E-state index contributed by atoms with van der Waals surface area (Å²) in [4.78, 5) is 49.0. The molecular weight excluding hydrogens is 658 g/mol. The third-order valence-electron chi connectivity index (χ3n) is 7.08. The lowest BCUT2D eigenvalue weighted by Gasteiger charge is -2.35. The van der Waals surface area contributed by atoms with Crippen molar-refractivity contribution in [3.63, 3.8) is 0 Å². The van der Waals surface area contributed by atoms with E-state index < -0.39 is 38.5 Å². The van der Waals surface area contributed by atoms with Gasteiger partial charge >= 0.3 is 19.4 Å². The number of ketones is 1. The summed E-state index contributed by atoms with van der Waals surface area (Å²) in [5.41, 5.74) is 0.629. The van der Waals surface area contributed by atoms with Crippen LogP contribution in [0.2, 0.25) is 10.0 Å². The first-order chi connectivity index (χ1) is 21.4. The molecule has 45 heavy (non-hydrogen) atoms. The van der Waals surface area contributed by atoms with Crippen molar-refractivity contribution >= 4 is 42.6 Å². The highest BCUT2D eigenvalue weighted by atomic mass is 35.5. The van der Waals surface area contributed by atoms with Crippen LogP contribution in [0, 0.1) is 13.8 Å². The molecule has 240 valence electrons. The minimum absolute atomic E-state index is 0.0302. The van der Waals surface area contributed by atoms with Gasteiger partial charge in [-0.15, -0.1) is 0 Å². The molecule has 4 heterocycles. The number of nitrogens with one attached hydrogen (secondary N) is 2. The highest BCUT2D eigenvalue weighted by Crippen LogP contribution is 2.54. The number of hydrogen-bond donors (Lipinski definition) is 2. The standard InChI is InChI=1S/C27H27Cl2N4O11P/c1-14-21(43-26(36)41-14)12-39-45(38,40-13-22-15(2)42-27(37)44-22)33-8-6-17(7-9-33)31-25(35)24-16(11-30-32-24)10-20(34)23-18(28)4-3-5-19(23)29/h3-5,11,17H,6-10,12-13H2,1-2H3,(H,30,32)(H,31,35). The van der Waals surface area contributed by atoms with Gasteiger partial charge in [-0.25, -0.2) is 18.8 Å². The molecule has 15 nitrogen and oxygen atoms in total. The number of rotatable bonds is 12. The van der Waals surface area contributed by atoms with Crippen LogP contribution in [0.15, 0.2) is 51.7 Å². The van der Waals surface area contributed by atoms with Gasteiger partial charge in [0.2, 0.25) is 0 Å². The number of hydrogen-bond acceptors (Lipinski definition) is 12. The smallest absolute Gasteiger partial charge is 0.396 e. The fourth-order valence-corrected chi connectivity index (χ4v) is 6.96. The van der Waals surface area contributed by atoms with E-state index in [0.29, 0.717) is 18.4 Å². The van der Waals surface area contributed by atoms with Crippen LogP contribution >= 0.6 is 30.9 Å². The summed E-state index contributed by atoms with van der Waals surface area (Å²) in [7, 11) is -4.08. The maximum Gasteiger partial charge on any atom is 0.519 e. The zero-order chi connectivity index (χ0) is 32.3. The van der Waals surface area contributed by atoms with Crippen LogP contribution in [0.3, 0.4) is 0 Å². The molecule has 18 heteroatoms. The number of Topliss-reactive ketones (excluding diaryl/α,β-unsaturated/α-hetero) is 1. The van der Waals surface area contributed by atoms with E-state index in [0.717, 1.165) is 0 Å². The summed E-state index contributed by atoms with van der Waals surface area (Å²) in [6.07, 6.45) is 1.92. The summed E-state index contributed by atoms with van der Waals surface area (Å²) in [6.45, 7) is 2.51. The Morgan fingerprint density at radius 1 is 1.00 bits per heavy atom. The van der Waals surface area contributed by atoms with Crippen LogP contribution in [0.25, 0.3) is 0 Å². The predicted octanol–water partition coefficient (Wildman–Crippen LogP) is 4.59. The average molecular weight is 685 g/mol. The number of halogens is 2. The lowest BCUT2D eigenvalue weighted by atomic mass is 10.0. The summed E-state index contributed by atoms with van der Waals surface area (Å²) in [5.74, 6) is -2.37. The van der Waals surface area contributed by atoms with Crippen molar-refractivity contribution in [3.8, 4) is 0 Å². The number of carbonyl (C=O) groups is 2. The third-order valence-corrected chi connectivity index (χ3v) is 9.71. The minimum Gasteiger partial charge on any atom is -0.396 e. The first-order valence-electron chi connectivity index (χ1n) is 13.6. The molecule has 5 rings (SSSR count). The van der Waals surface area contributed by atoms with Crippen molar-refractivity contribution in [3.05, 3.63) is 95.5 Å². The Labute approximate surface area is 264 Å². The van der Waals surface area contributed by atoms with Crippen LogP contribution in [-0.2, 0) is 33.2 Å². The monoisotopic (exact) mass is 684 g/mol. The number of nitrogens with zero attached hydrogens (tertiary/aromatic N) is 2. The zero-order valence-electron chi connectivity index (χ0n) is 23.9. The van der Waals surface area contributed by atoms with Crippen LogP contribution < -0.4 is 17.0 Å². The zero-order valence-corrected chi connectivity index (χ0v) is 26.3. The van der Waals surface area contributed by atoms with E-state index in [4.69, 9.17) is 49.9 Å². The Bertz CT molecular complexity index is 1780. The predicted molar refractivity (Wildman–Crippen MR) is 156 cm³/mol. The second kappa shape index (κ2) is 13.7. The highest BCUT2D eigenvalue weighted by molar-refractivity contribution is 7.51. The summed E-state index contributed by atoms with van der Waals surface area (Å²) >= 11 is 12.3. The molecule has 0 spiro atoms. The van der Waals surface area contributed by atoms with Crippen LogP contribution in [0.5, 0.6) is 0 Å². The van der Waals surface area contributed by atoms with Gasteiger partial charge in [0.05, 0.1) is 21.8 Å². The molecule has 0 bridgehead atoms. The number of aromatic nitrogens is 2. The van der Waals surface area contributed by atoms with Crippen molar-refractivity contribution in [2.24, 2.45) is 0 Å². The van der Waals surface area contributed by atoms with Crippen molar-refractivity contribution in [2.75, 3.05) is 13.1 Å². The Morgan fingerprint density at radius 2 is 1.56 bits per heavy atom. The van der Waals surface area contributed by atoms with Gasteiger partial charge in [-0.1, -0.05) is 29.3 Å². The van der Waals surface area contributed by atoms with Crippen LogP contribution in [0.1, 0.15) is 62.3 Å². The first kappa shape index (κ1) is 32.7. The maximum atomic E-state index is 14.0. The number of aryl methyl sites for hydroxylation is 2. The number of H-pyrrole nitrogens is 1. The summed E-state index contributed by atoms with van der Waals surface area (Å²) < 4.78 is 46.3. The number of aromatic amines is 1. The molecule has 1 aliphatic heterocycles. The van der Waals surface area contributed by atoms with Crippen molar-refractivity contribution in [2.45, 2.75) is 52.4 Å². The molecule has 1 amide bonds. The fourth-order valence-electron chi connectivity index (χ4n) is 4.67. The summed E-state index contributed by atoms with van der Waals surface area (Å²) in [5, 5.41) is 9.88. The van der Waals surface area contributed by atoms with E-state index >= 15 is 0 Å². The molecule has 0 radical (unpaired) electrons. The molecule has 0 saturated carbocycles. The van der Waals surface area contributed by atoms with Gasteiger partial charge in [-0.2, -0.15) is 5.10 Å². The second-order valence-electron chi connectivity index (χ2n) is 10.1. The maximum absolute atomic E-state index is 14.0. The van der Waals surface area contributed by atoms with Crippen molar-refractivity contribution in [1.82, 2.24) is 20.2 Å². The van der Waals surface area contributed by atoms with Gasteiger partial charge in [0.25, 0.3) is 5.91 Å². The van der Waals surface area contributed by atoms with Crippen LogP contribution in [-0.4, -0.2) is 45.7 Å². The number of amides is 1. The number of piperidine rings is 1. The molecular formula is C27H27Cl2N4O11P. The molecule has 0 atom stereocenters. The first-order valence-corrected chi connectivity index (χ1v) is 15.8. The molecule has 2 N–H and O–H groups in total. The van der Waals surface area contributed by atoms with Gasteiger partial charge in [0.1, 0.15) is 30.4 Å². The lowest BCUT2D eigenvalue weighted by Crippen LogP contribution is -2.44. The molecule has 4 aromatic rings. The Balaban J connectivity index is 1.23. The van der Waals surface area contributed by atoms with Crippen molar-refractivity contribution < 1.29 is 40.9 Å². The van der Waals surface area contributed by atoms with Gasteiger partial charge in [0.15, 0.2) is 17.3 Å². The quantitative estimate of drug-likeness (QED) is 0.155. The summed E-state index contributed by atoms with van der Waals surface area (Å²) in [6, 6.07) is 4.39. The average Bonchev–Trinajstić information content (AvgIpc) is 3.68. The van der Waals surface area contributed by atoms with Gasteiger partial charge in [-0.3, -0.25) is 23.7 Å². The molecule has 1 aromatic carbocycles. The van der Waals surface area contributed by atoms with Gasteiger partial charge in [-0.05, 0) is 38.8 Å². The topological polar surface area (TPSA) is 200 Å². The van der Waals surface area contributed by atoms with Crippen LogP contribution in [0.4, 0.5) is 0 Å². The molecule has 1 aliphatic rings. The van der Waals surface area contributed by atoms with Crippen molar-refractivity contribution in [1.29, 1.82) is 0 Å². The normalized spacial score (nSPS) is 14.6. The van der Waals surface area contributed by atoms with E-state index in [1.807, 2.05) is 0 Å². The lowest BCUT2D eigenvalue weighted by molar-refractivity contribution is 0.0901. The number of carbonyl (C=O) groups excluding carboxylic acids is 2. The Morgan fingerprint density at radius 3 is 2.07 bits per heavy atom. The molecule has 1 fully saturated rings. The Kier molecular flexibility index (Phi) is 9.97. The molecule has 1 saturated heterocycles. The minimum atomic E-state index is -4.08. The molecule has 0 aliphatic carbocycles.